The molecule has 0 aromatic heterocycles. The van der Waals surface area contributed by atoms with Crippen molar-refractivity contribution in [1.29, 1.82) is 0 Å². The first kappa shape index (κ1) is 14.5. The summed E-state index contributed by atoms with van der Waals surface area (Å²) in [6.07, 6.45) is 0. The van der Waals surface area contributed by atoms with Gasteiger partial charge in [-0.25, -0.2) is 4.79 Å². The molecule has 4 heteroatoms. The molecule has 0 bridgehead atoms. The van der Waals surface area contributed by atoms with Crippen LogP contribution < -0.4 is 10.6 Å². The van der Waals surface area contributed by atoms with E-state index in [0.717, 1.165) is 18.8 Å². The van der Waals surface area contributed by atoms with E-state index in [1.807, 2.05) is 18.2 Å². The topological polar surface area (TPSA) is 50.4 Å². The fourth-order valence-corrected chi connectivity index (χ4v) is 1.56. The Bertz CT molecular complexity index is 397. The first-order valence-electron chi connectivity index (χ1n) is 6.10. The van der Waals surface area contributed by atoms with E-state index in [1.165, 1.54) is 7.11 Å². The van der Waals surface area contributed by atoms with E-state index in [2.05, 4.69) is 31.4 Å². The molecule has 0 saturated carbocycles. The zero-order valence-electron chi connectivity index (χ0n) is 11.5. The first-order chi connectivity index (χ1) is 8.44. The number of carbonyl (C=O) groups excluding carboxylic acids is 1. The molecule has 4 nitrogen and oxygen atoms in total. The molecule has 0 radical (unpaired) electrons. The van der Waals surface area contributed by atoms with Crippen LogP contribution in [0.15, 0.2) is 24.3 Å². The third kappa shape index (κ3) is 4.75. The number of benzene rings is 1. The average molecular weight is 250 g/mol. The van der Waals surface area contributed by atoms with Gasteiger partial charge in [-0.1, -0.05) is 12.1 Å². The molecule has 0 heterocycles. The number of hydrogen-bond donors (Lipinski definition) is 2. The van der Waals surface area contributed by atoms with E-state index in [4.69, 9.17) is 4.74 Å². The van der Waals surface area contributed by atoms with Crippen molar-refractivity contribution in [1.82, 2.24) is 5.32 Å². The van der Waals surface area contributed by atoms with Crippen LogP contribution in [0.4, 0.5) is 5.69 Å². The van der Waals surface area contributed by atoms with Crippen LogP contribution in [0.25, 0.3) is 0 Å². The van der Waals surface area contributed by atoms with E-state index in [1.54, 1.807) is 6.07 Å². The molecule has 0 atom stereocenters. The number of para-hydroxylation sites is 1. The number of anilines is 1. The molecular formula is C14H22N2O2. The Balaban J connectivity index is 2.54. The van der Waals surface area contributed by atoms with Gasteiger partial charge in [0.25, 0.3) is 0 Å². The summed E-state index contributed by atoms with van der Waals surface area (Å²) < 4.78 is 4.74. The molecule has 1 aromatic rings. The molecule has 0 saturated heterocycles. The lowest BCUT2D eigenvalue weighted by Crippen LogP contribution is -2.38. The summed E-state index contributed by atoms with van der Waals surface area (Å²) in [6, 6.07) is 7.35. The monoisotopic (exact) mass is 250 g/mol. The van der Waals surface area contributed by atoms with Crippen molar-refractivity contribution in [3.63, 3.8) is 0 Å². The van der Waals surface area contributed by atoms with Gasteiger partial charge in [0.1, 0.15) is 0 Å². The molecule has 1 aromatic carbocycles. The highest BCUT2D eigenvalue weighted by Gasteiger charge is 2.11. The van der Waals surface area contributed by atoms with E-state index in [-0.39, 0.29) is 11.5 Å². The summed E-state index contributed by atoms with van der Waals surface area (Å²) in [7, 11) is 1.39. The van der Waals surface area contributed by atoms with Crippen LogP contribution in [-0.2, 0) is 4.74 Å². The Morgan fingerprint density at radius 1 is 1.22 bits per heavy atom. The van der Waals surface area contributed by atoms with Gasteiger partial charge in [0.2, 0.25) is 0 Å². The number of hydrogen-bond acceptors (Lipinski definition) is 4. The zero-order valence-corrected chi connectivity index (χ0v) is 11.5. The van der Waals surface area contributed by atoms with Crippen molar-refractivity contribution in [2.45, 2.75) is 26.3 Å². The molecule has 0 spiro atoms. The second kappa shape index (κ2) is 6.40. The van der Waals surface area contributed by atoms with Crippen LogP contribution in [0.1, 0.15) is 31.1 Å². The van der Waals surface area contributed by atoms with Crippen molar-refractivity contribution < 1.29 is 9.53 Å². The molecule has 0 amide bonds. The Hall–Kier alpha value is -1.55. The van der Waals surface area contributed by atoms with Crippen molar-refractivity contribution in [3.8, 4) is 0 Å². The molecule has 100 valence electrons. The third-order valence-corrected chi connectivity index (χ3v) is 2.43. The summed E-state index contributed by atoms with van der Waals surface area (Å²) >= 11 is 0. The molecule has 0 aliphatic heterocycles. The summed E-state index contributed by atoms with van der Waals surface area (Å²) in [6.45, 7) is 7.95. The summed E-state index contributed by atoms with van der Waals surface area (Å²) in [5.41, 5.74) is 1.47. The second-order valence-electron chi connectivity index (χ2n) is 5.14. The fraction of sp³-hybridized carbons (Fsp3) is 0.500. The highest BCUT2D eigenvalue weighted by molar-refractivity contribution is 5.95. The Morgan fingerprint density at radius 3 is 2.50 bits per heavy atom. The summed E-state index contributed by atoms with van der Waals surface area (Å²) in [5, 5.41) is 6.61. The van der Waals surface area contributed by atoms with Crippen molar-refractivity contribution >= 4 is 11.7 Å². The minimum absolute atomic E-state index is 0.101. The van der Waals surface area contributed by atoms with Gasteiger partial charge in [-0.3, -0.25) is 0 Å². The van der Waals surface area contributed by atoms with E-state index >= 15 is 0 Å². The van der Waals surface area contributed by atoms with Crippen LogP contribution in [0.2, 0.25) is 0 Å². The van der Waals surface area contributed by atoms with E-state index < -0.39 is 0 Å². The highest BCUT2D eigenvalue weighted by atomic mass is 16.5. The first-order valence-corrected chi connectivity index (χ1v) is 6.10. The largest absolute Gasteiger partial charge is 0.465 e. The van der Waals surface area contributed by atoms with Crippen LogP contribution in [0.5, 0.6) is 0 Å². The standard InChI is InChI=1S/C14H22N2O2/c1-14(2,3)16-10-9-15-12-8-6-5-7-11(12)13(17)18-4/h5-8,15-16H,9-10H2,1-4H3. The highest BCUT2D eigenvalue weighted by Crippen LogP contribution is 2.15. The Kier molecular flexibility index (Phi) is 5.16. The summed E-state index contributed by atoms with van der Waals surface area (Å²) in [4.78, 5) is 11.5. The molecule has 1 rings (SSSR count). The number of carbonyl (C=O) groups is 1. The maximum absolute atomic E-state index is 11.5. The minimum atomic E-state index is -0.318. The van der Waals surface area contributed by atoms with Crippen molar-refractivity contribution in [2.75, 3.05) is 25.5 Å². The van der Waals surface area contributed by atoms with Crippen LogP contribution >= 0.6 is 0 Å². The summed E-state index contributed by atoms with van der Waals surface area (Å²) in [5.74, 6) is -0.318. The maximum Gasteiger partial charge on any atom is 0.339 e. The van der Waals surface area contributed by atoms with Gasteiger partial charge >= 0.3 is 5.97 Å². The molecule has 2 N–H and O–H groups in total. The Labute approximate surface area is 109 Å². The number of esters is 1. The van der Waals surface area contributed by atoms with Gasteiger partial charge in [0.05, 0.1) is 12.7 Å². The second-order valence-corrected chi connectivity index (χ2v) is 5.14. The van der Waals surface area contributed by atoms with Crippen LogP contribution in [0, 0.1) is 0 Å². The number of rotatable bonds is 5. The average Bonchev–Trinajstić information content (AvgIpc) is 2.33. The molecule has 18 heavy (non-hydrogen) atoms. The molecular weight excluding hydrogens is 228 g/mol. The smallest absolute Gasteiger partial charge is 0.339 e. The molecule has 0 unspecified atom stereocenters. The maximum atomic E-state index is 11.5. The normalized spacial score (nSPS) is 11.1. The lowest BCUT2D eigenvalue weighted by molar-refractivity contribution is 0.0602. The lowest BCUT2D eigenvalue weighted by atomic mass is 10.1. The molecule has 0 aliphatic carbocycles. The van der Waals surface area contributed by atoms with E-state index in [0.29, 0.717) is 5.56 Å². The van der Waals surface area contributed by atoms with Crippen molar-refractivity contribution in [3.05, 3.63) is 29.8 Å². The quantitative estimate of drug-likeness (QED) is 0.622. The number of ether oxygens (including phenoxy) is 1. The van der Waals surface area contributed by atoms with Crippen LogP contribution in [0.3, 0.4) is 0 Å². The molecule has 0 fully saturated rings. The van der Waals surface area contributed by atoms with Crippen molar-refractivity contribution in [2.24, 2.45) is 0 Å². The van der Waals surface area contributed by atoms with Gasteiger partial charge in [0.15, 0.2) is 0 Å². The fourth-order valence-electron chi connectivity index (χ4n) is 1.56. The van der Waals surface area contributed by atoms with Gasteiger partial charge in [-0.15, -0.1) is 0 Å². The predicted molar refractivity (Wildman–Crippen MR) is 74.0 cm³/mol. The van der Waals surface area contributed by atoms with Gasteiger partial charge in [-0.2, -0.15) is 0 Å². The number of methoxy groups -OCH3 is 1. The zero-order chi connectivity index (χ0) is 13.6. The minimum Gasteiger partial charge on any atom is -0.465 e. The van der Waals surface area contributed by atoms with Crippen LogP contribution in [-0.4, -0.2) is 31.7 Å². The van der Waals surface area contributed by atoms with E-state index in [9.17, 15) is 4.79 Å². The van der Waals surface area contributed by atoms with Gasteiger partial charge in [0, 0.05) is 24.3 Å². The Morgan fingerprint density at radius 2 is 1.89 bits per heavy atom. The predicted octanol–water partition coefficient (Wildman–Crippen LogP) is 2.27. The molecule has 0 aliphatic rings. The third-order valence-electron chi connectivity index (χ3n) is 2.43. The number of nitrogens with one attached hydrogen (secondary N) is 2. The van der Waals surface area contributed by atoms with Gasteiger partial charge < -0.3 is 15.4 Å². The van der Waals surface area contributed by atoms with Gasteiger partial charge in [-0.05, 0) is 32.9 Å². The lowest BCUT2D eigenvalue weighted by Gasteiger charge is -2.21. The SMILES string of the molecule is COC(=O)c1ccccc1NCCNC(C)(C)C.